The first-order valence-corrected chi connectivity index (χ1v) is 11.8. The molecular formula is C23H14ClF4NO4S. The molecule has 0 aliphatic carbocycles. The third-order valence-electron chi connectivity index (χ3n) is 5.18. The van der Waals surface area contributed by atoms with Crippen LogP contribution in [0.1, 0.15) is 12.5 Å². The van der Waals surface area contributed by atoms with Gasteiger partial charge in [0.25, 0.3) is 0 Å². The van der Waals surface area contributed by atoms with Crippen LogP contribution in [0.3, 0.4) is 0 Å². The van der Waals surface area contributed by atoms with Crippen molar-refractivity contribution in [1.29, 1.82) is 0 Å². The van der Waals surface area contributed by atoms with Crippen LogP contribution in [0.25, 0.3) is 33.4 Å². The van der Waals surface area contributed by atoms with Crippen molar-refractivity contribution < 1.29 is 30.4 Å². The summed E-state index contributed by atoms with van der Waals surface area (Å²) in [7, 11) is -3.92. The molecule has 0 spiro atoms. The van der Waals surface area contributed by atoms with Gasteiger partial charge in [-0.15, -0.1) is 0 Å². The Labute approximate surface area is 195 Å². The third-order valence-corrected chi connectivity index (χ3v) is 7.21. The minimum absolute atomic E-state index is 0.165. The summed E-state index contributed by atoms with van der Waals surface area (Å²) in [5.41, 5.74) is -1.79. The molecule has 0 saturated heterocycles. The largest absolute Gasteiger partial charge is 0.463 e. The van der Waals surface area contributed by atoms with Crippen LogP contribution in [0, 0.1) is 5.82 Å². The average Bonchev–Trinajstić information content (AvgIpc) is 2.80. The van der Waals surface area contributed by atoms with E-state index >= 15 is 0 Å². The predicted octanol–water partition coefficient (Wildman–Crippen LogP) is 6.13. The summed E-state index contributed by atoms with van der Waals surface area (Å²) in [5.74, 6) is -0.970. The molecule has 0 radical (unpaired) electrons. The zero-order chi connectivity index (χ0) is 24.8. The molecule has 0 fully saturated rings. The number of nitrogens with zero attached hydrogens (tertiary/aromatic N) is 1. The molecule has 11 heteroatoms. The van der Waals surface area contributed by atoms with Gasteiger partial charge >= 0.3 is 6.18 Å². The van der Waals surface area contributed by atoms with Gasteiger partial charge < -0.3 is 4.42 Å². The third kappa shape index (κ3) is 4.30. The van der Waals surface area contributed by atoms with Gasteiger partial charge in [-0.2, -0.15) is 13.2 Å². The van der Waals surface area contributed by atoms with Crippen LogP contribution >= 0.6 is 11.6 Å². The highest BCUT2D eigenvalue weighted by atomic mass is 35.5. The highest BCUT2D eigenvalue weighted by molar-refractivity contribution is 7.91. The van der Waals surface area contributed by atoms with Gasteiger partial charge in [0, 0.05) is 11.8 Å². The maximum atomic E-state index is 13.5. The lowest BCUT2D eigenvalue weighted by atomic mass is 10.0. The van der Waals surface area contributed by atoms with Crippen molar-refractivity contribution in [3.8, 4) is 22.4 Å². The second-order valence-corrected chi connectivity index (χ2v) is 9.94. The van der Waals surface area contributed by atoms with Crippen LogP contribution in [0.4, 0.5) is 17.6 Å². The molecule has 0 unspecified atom stereocenters. The van der Waals surface area contributed by atoms with Crippen molar-refractivity contribution in [1.82, 2.24) is 4.98 Å². The SMILES string of the molecule is CCS(=O)(=O)c1cc(-c2ccc(F)c(Cl)c2)cnc1-c1coc2cc(C(F)(F)F)ccc2c1=O. The maximum absolute atomic E-state index is 13.5. The number of pyridine rings is 1. The normalized spacial score (nSPS) is 12.3. The van der Waals surface area contributed by atoms with Gasteiger partial charge in [-0.25, -0.2) is 12.8 Å². The number of hydrogen-bond donors (Lipinski definition) is 0. The minimum Gasteiger partial charge on any atom is -0.463 e. The summed E-state index contributed by atoms with van der Waals surface area (Å²) in [6.45, 7) is 1.40. The van der Waals surface area contributed by atoms with Crippen LogP contribution in [0.15, 0.2) is 69.0 Å². The topological polar surface area (TPSA) is 77.2 Å². The number of aromatic nitrogens is 1. The monoisotopic (exact) mass is 511 g/mol. The van der Waals surface area contributed by atoms with Gasteiger partial charge in [-0.1, -0.05) is 24.6 Å². The average molecular weight is 512 g/mol. The quantitative estimate of drug-likeness (QED) is 0.308. The molecule has 5 nitrogen and oxygen atoms in total. The van der Waals surface area contributed by atoms with Crippen molar-refractivity contribution in [3.05, 3.63) is 81.6 Å². The summed E-state index contributed by atoms with van der Waals surface area (Å²) >= 11 is 5.83. The van der Waals surface area contributed by atoms with E-state index in [0.29, 0.717) is 17.2 Å². The van der Waals surface area contributed by atoms with Crippen molar-refractivity contribution in [2.24, 2.45) is 0 Å². The molecule has 2 aromatic heterocycles. The molecule has 0 atom stereocenters. The van der Waals surface area contributed by atoms with Gasteiger partial charge in [0.2, 0.25) is 5.43 Å². The van der Waals surface area contributed by atoms with Crippen molar-refractivity contribution in [2.75, 3.05) is 5.75 Å². The van der Waals surface area contributed by atoms with Crippen LogP contribution < -0.4 is 5.43 Å². The Morgan fingerprint density at radius 2 is 1.79 bits per heavy atom. The fraction of sp³-hybridized carbons (Fsp3) is 0.130. The van der Waals surface area contributed by atoms with E-state index in [1.165, 1.54) is 31.3 Å². The van der Waals surface area contributed by atoms with Gasteiger partial charge in [0.1, 0.15) is 17.7 Å². The number of rotatable bonds is 4. The Morgan fingerprint density at radius 1 is 1.06 bits per heavy atom. The summed E-state index contributed by atoms with van der Waals surface area (Å²) < 4.78 is 83.4. The molecule has 0 N–H and O–H groups in total. The van der Waals surface area contributed by atoms with Crippen LogP contribution in [0.5, 0.6) is 0 Å². The standard InChI is InChI=1S/C23H14ClF4NO4S/c1-2-34(31,32)20-8-13(12-3-6-18(25)17(24)7-12)10-29-21(20)16-11-33-19-9-14(23(26,27)28)4-5-15(19)22(16)30/h3-11H,2H2,1H3. The van der Waals surface area contributed by atoms with Gasteiger partial charge in [-0.05, 0) is 42.0 Å². The number of alkyl halides is 3. The molecule has 2 aromatic carbocycles. The molecule has 34 heavy (non-hydrogen) atoms. The first-order chi connectivity index (χ1) is 15.9. The van der Waals surface area contributed by atoms with E-state index in [2.05, 4.69) is 4.98 Å². The molecule has 4 aromatic rings. The smallest absolute Gasteiger partial charge is 0.416 e. The summed E-state index contributed by atoms with van der Waals surface area (Å²) in [4.78, 5) is 16.9. The van der Waals surface area contributed by atoms with Crippen molar-refractivity contribution in [2.45, 2.75) is 18.0 Å². The Hall–Kier alpha value is -3.24. The number of benzene rings is 2. The Balaban J connectivity index is 1.94. The number of halogens is 5. The lowest BCUT2D eigenvalue weighted by Gasteiger charge is -2.12. The maximum Gasteiger partial charge on any atom is 0.416 e. The Bertz CT molecular complexity index is 1600. The van der Waals surface area contributed by atoms with E-state index in [1.54, 1.807) is 0 Å². The van der Waals surface area contributed by atoms with E-state index in [-0.39, 0.29) is 37.9 Å². The van der Waals surface area contributed by atoms with E-state index in [9.17, 15) is 30.8 Å². The minimum atomic E-state index is -4.63. The fourth-order valence-corrected chi connectivity index (χ4v) is 4.60. The highest BCUT2D eigenvalue weighted by Crippen LogP contribution is 2.33. The molecule has 0 bridgehead atoms. The number of hydrogen-bond acceptors (Lipinski definition) is 5. The first-order valence-electron chi connectivity index (χ1n) is 9.73. The molecule has 4 rings (SSSR count). The predicted molar refractivity (Wildman–Crippen MR) is 119 cm³/mol. The number of sulfone groups is 1. The molecule has 0 aliphatic heterocycles. The summed E-state index contributed by atoms with van der Waals surface area (Å²) in [6, 6.07) is 7.49. The van der Waals surface area contributed by atoms with Crippen LogP contribution in [-0.2, 0) is 16.0 Å². The van der Waals surface area contributed by atoms with Gasteiger partial charge in [-0.3, -0.25) is 9.78 Å². The van der Waals surface area contributed by atoms with Gasteiger partial charge in [0.05, 0.1) is 37.9 Å². The van der Waals surface area contributed by atoms with E-state index in [0.717, 1.165) is 24.5 Å². The van der Waals surface area contributed by atoms with E-state index in [1.807, 2.05) is 0 Å². The van der Waals surface area contributed by atoms with Crippen LogP contribution in [0.2, 0.25) is 5.02 Å². The first kappa shape index (κ1) is 23.9. The molecule has 0 aliphatic rings. The molecule has 0 saturated carbocycles. The van der Waals surface area contributed by atoms with E-state index < -0.39 is 32.8 Å². The molecule has 0 amide bonds. The highest BCUT2D eigenvalue weighted by Gasteiger charge is 2.31. The lowest BCUT2D eigenvalue weighted by Crippen LogP contribution is -2.12. The van der Waals surface area contributed by atoms with Crippen LogP contribution in [-0.4, -0.2) is 19.2 Å². The van der Waals surface area contributed by atoms with Gasteiger partial charge in [0.15, 0.2) is 9.84 Å². The lowest BCUT2D eigenvalue weighted by molar-refractivity contribution is -0.137. The summed E-state index contributed by atoms with van der Waals surface area (Å²) in [5, 5.41) is -0.337. The van der Waals surface area contributed by atoms with Crippen molar-refractivity contribution >= 4 is 32.4 Å². The molecule has 2 heterocycles. The second kappa shape index (κ2) is 8.52. The van der Waals surface area contributed by atoms with E-state index in [4.69, 9.17) is 16.0 Å². The fourth-order valence-electron chi connectivity index (χ4n) is 3.34. The second-order valence-electron chi connectivity index (χ2n) is 7.29. The van der Waals surface area contributed by atoms with Crippen molar-refractivity contribution in [3.63, 3.8) is 0 Å². The number of fused-ring (bicyclic) bond motifs is 1. The Kier molecular flexibility index (Phi) is 5.99. The zero-order valence-electron chi connectivity index (χ0n) is 17.3. The molecule has 176 valence electrons. The summed E-state index contributed by atoms with van der Waals surface area (Å²) in [6.07, 6.45) is -2.46. The Morgan fingerprint density at radius 3 is 2.44 bits per heavy atom. The molecular weight excluding hydrogens is 498 g/mol. The zero-order valence-corrected chi connectivity index (χ0v) is 18.9.